The molecule has 1 fully saturated rings. The average molecular weight is 654 g/mol. The Morgan fingerprint density at radius 3 is 1.62 bits per heavy atom. The molecule has 0 heterocycles. The summed E-state index contributed by atoms with van der Waals surface area (Å²) < 4.78 is 17.0. The van der Waals surface area contributed by atoms with Gasteiger partial charge in [-0.3, -0.25) is 4.67 Å². The Balaban J connectivity index is 1.28. The molecule has 1 atom stereocenters. The molecule has 0 unspecified atom stereocenters. The first-order valence-electron chi connectivity index (χ1n) is 16.7. The lowest BCUT2D eigenvalue weighted by atomic mass is 10.1. The summed E-state index contributed by atoms with van der Waals surface area (Å²) in [5.74, 6) is 0.904. The number of nitrogens with zero attached hydrogens (tertiary/aromatic N) is 1. The molecular formula is C42H41NO2P2. The Morgan fingerprint density at radius 1 is 0.553 bits per heavy atom. The van der Waals surface area contributed by atoms with E-state index in [1.807, 2.05) is 0 Å². The summed E-state index contributed by atoms with van der Waals surface area (Å²) in [6, 6.07) is 59.0. The third kappa shape index (κ3) is 7.83. The van der Waals surface area contributed by atoms with Gasteiger partial charge in [-0.25, -0.2) is 0 Å². The van der Waals surface area contributed by atoms with Gasteiger partial charge in [-0.15, -0.1) is 0 Å². The van der Waals surface area contributed by atoms with E-state index in [-0.39, 0.29) is 6.10 Å². The van der Waals surface area contributed by atoms with Crippen LogP contribution in [0.15, 0.2) is 164 Å². The molecule has 5 heteroatoms. The van der Waals surface area contributed by atoms with Crippen LogP contribution in [-0.2, 0) is 4.52 Å². The van der Waals surface area contributed by atoms with Crippen LogP contribution in [0.25, 0.3) is 10.8 Å². The van der Waals surface area contributed by atoms with Crippen LogP contribution in [0.3, 0.4) is 0 Å². The number of fused-ring (bicyclic) bond motifs is 1. The highest BCUT2D eigenvalue weighted by Gasteiger charge is 2.34. The van der Waals surface area contributed by atoms with E-state index in [0.29, 0.717) is 12.6 Å². The predicted molar refractivity (Wildman–Crippen MR) is 201 cm³/mol. The highest BCUT2D eigenvalue weighted by atomic mass is 31.1. The number of benzene rings is 6. The molecule has 0 saturated heterocycles. The quantitative estimate of drug-likeness (QED) is 0.116. The van der Waals surface area contributed by atoms with Gasteiger partial charge in [0.1, 0.15) is 18.5 Å². The Labute approximate surface area is 281 Å². The fourth-order valence-corrected chi connectivity index (χ4v) is 11.1. The maximum atomic E-state index is 7.38. The van der Waals surface area contributed by atoms with Crippen LogP contribution < -0.4 is 26.0 Å². The summed E-state index contributed by atoms with van der Waals surface area (Å²) in [6.45, 7) is 1.24. The molecule has 6 aromatic rings. The van der Waals surface area contributed by atoms with Gasteiger partial charge in [0.2, 0.25) is 0 Å². The predicted octanol–water partition coefficient (Wildman–Crippen LogP) is 8.94. The Kier molecular flexibility index (Phi) is 10.7. The molecular weight excluding hydrogens is 612 g/mol. The van der Waals surface area contributed by atoms with Crippen molar-refractivity contribution in [2.75, 3.05) is 13.2 Å². The van der Waals surface area contributed by atoms with Crippen molar-refractivity contribution in [3.8, 4) is 5.75 Å². The molecule has 236 valence electrons. The second-order valence-corrected chi connectivity index (χ2v) is 16.0. The summed E-state index contributed by atoms with van der Waals surface area (Å²) in [7, 11) is -1.85. The standard InChI is InChI=1S/C42H41NO2P2/c1-5-22-37(23-6-1)46(38-24-7-2-8-25-38)43(35-20-14-15-21-35)32-36(33-44-42-31-17-19-34-18-13-16-30-41(34)42)45-47(39-26-9-3-10-27-39)40-28-11-4-12-29-40/h1-13,16-19,22-31,35-36H,14-15,20-21,32-33H2/t36-/m1/s1. The number of ether oxygens (including phenoxy) is 1. The molecule has 1 saturated carbocycles. The Morgan fingerprint density at radius 2 is 1.04 bits per heavy atom. The lowest BCUT2D eigenvalue weighted by molar-refractivity contribution is 0.117. The van der Waals surface area contributed by atoms with E-state index in [0.717, 1.165) is 17.7 Å². The van der Waals surface area contributed by atoms with Crippen molar-refractivity contribution in [3.63, 3.8) is 0 Å². The van der Waals surface area contributed by atoms with E-state index in [2.05, 4.69) is 168 Å². The van der Waals surface area contributed by atoms with Crippen LogP contribution >= 0.6 is 16.2 Å². The van der Waals surface area contributed by atoms with Crippen molar-refractivity contribution in [2.24, 2.45) is 0 Å². The van der Waals surface area contributed by atoms with Crippen molar-refractivity contribution in [1.82, 2.24) is 4.67 Å². The van der Waals surface area contributed by atoms with Crippen LogP contribution in [0.5, 0.6) is 5.75 Å². The molecule has 0 bridgehead atoms. The minimum absolute atomic E-state index is 0.168. The van der Waals surface area contributed by atoms with Crippen LogP contribution in [0.1, 0.15) is 25.7 Å². The highest BCUT2D eigenvalue weighted by Crippen LogP contribution is 2.45. The van der Waals surface area contributed by atoms with E-state index >= 15 is 0 Å². The number of hydrogen-bond donors (Lipinski definition) is 0. The van der Waals surface area contributed by atoms with Crippen molar-refractivity contribution < 1.29 is 9.26 Å². The van der Waals surface area contributed by atoms with E-state index in [4.69, 9.17) is 9.26 Å². The fraction of sp³-hybridized carbons (Fsp3) is 0.190. The summed E-state index contributed by atoms with van der Waals surface area (Å²) in [6.07, 6.45) is 4.79. The topological polar surface area (TPSA) is 21.7 Å². The van der Waals surface area contributed by atoms with Gasteiger partial charge in [0.05, 0.1) is 8.15 Å². The van der Waals surface area contributed by atoms with Gasteiger partial charge in [0, 0.05) is 36.7 Å². The van der Waals surface area contributed by atoms with Crippen LogP contribution in [0.2, 0.25) is 0 Å². The highest BCUT2D eigenvalue weighted by molar-refractivity contribution is 7.70. The number of hydrogen-bond acceptors (Lipinski definition) is 3. The van der Waals surface area contributed by atoms with Gasteiger partial charge in [0.25, 0.3) is 0 Å². The number of rotatable bonds is 13. The van der Waals surface area contributed by atoms with Crippen LogP contribution in [0.4, 0.5) is 0 Å². The normalized spacial score (nSPS) is 14.3. The van der Waals surface area contributed by atoms with Gasteiger partial charge < -0.3 is 9.26 Å². The molecule has 3 nitrogen and oxygen atoms in total. The van der Waals surface area contributed by atoms with Gasteiger partial charge >= 0.3 is 0 Å². The molecule has 7 rings (SSSR count). The molecule has 47 heavy (non-hydrogen) atoms. The first kappa shape index (κ1) is 31.7. The molecule has 1 aliphatic carbocycles. The Bertz CT molecular complexity index is 1730. The first-order valence-corrected chi connectivity index (χ1v) is 19.2. The van der Waals surface area contributed by atoms with Gasteiger partial charge in [-0.05, 0) is 34.9 Å². The molecule has 0 spiro atoms. The van der Waals surface area contributed by atoms with E-state index in [1.54, 1.807) is 0 Å². The molecule has 0 radical (unpaired) electrons. The summed E-state index contributed by atoms with van der Waals surface area (Å²) in [5.41, 5.74) is 0. The summed E-state index contributed by atoms with van der Waals surface area (Å²) in [5, 5.41) is 7.49. The summed E-state index contributed by atoms with van der Waals surface area (Å²) in [4.78, 5) is 0. The van der Waals surface area contributed by atoms with E-state index in [1.165, 1.54) is 52.3 Å². The fourth-order valence-electron chi connectivity index (χ4n) is 6.56. The molecule has 0 N–H and O–H groups in total. The second kappa shape index (κ2) is 15.8. The largest absolute Gasteiger partial charge is 0.490 e. The lowest BCUT2D eigenvalue weighted by Crippen LogP contribution is -2.43. The monoisotopic (exact) mass is 653 g/mol. The molecule has 1 aliphatic rings. The maximum Gasteiger partial charge on any atom is 0.127 e. The molecule has 0 aliphatic heterocycles. The zero-order chi connectivity index (χ0) is 31.7. The third-order valence-corrected chi connectivity index (χ3v) is 13.4. The SMILES string of the molecule is c1ccc(P(O[C@@H](COc2cccc3ccccc23)CN(C2CCCC2)P(c2ccccc2)c2ccccc2)c2ccccc2)cc1. The minimum atomic E-state index is -1.08. The van der Waals surface area contributed by atoms with Crippen molar-refractivity contribution in [1.29, 1.82) is 0 Å². The van der Waals surface area contributed by atoms with Crippen LogP contribution in [0, 0.1) is 0 Å². The van der Waals surface area contributed by atoms with Crippen molar-refractivity contribution in [2.45, 2.75) is 37.8 Å². The van der Waals surface area contributed by atoms with Crippen LogP contribution in [-0.4, -0.2) is 30.0 Å². The third-order valence-electron chi connectivity index (χ3n) is 8.81. The lowest BCUT2D eigenvalue weighted by Gasteiger charge is -2.39. The van der Waals surface area contributed by atoms with Crippen molar-refractivity contribution >= 4 is 48.2 Å². The van der Waals surface area contributed by atoms with Gasteiger partial charge in [-0.2, -0.15) is 0 Å². The van der Waals surface area contributed by atoms with Crippen molar-refractivity contribution in [3.05, 3.63) is 164 Å². The van der Waals surface area contributed by atoms with Gasteiger partial charge in [-0.1, -0.05) is 171 Å². The second-order valence-electron chi connectivity index (χ2n) is 12.0. The smallest absolute Gasteiger partial charge is 0.127 e. The Hall–Kier alpha value is -3.84. The first-order chi connectivity index (χ1) is 23.3. The average Bonchev–Trinajstić information content (AvgIpc) is 3.69. The van der Waals surface area contributed by atoms with Gasteiger partial charge in [0.15, 0.2) is 0 Å². The van der Waals surface area contributed by atoms with E-state index in [9.17, 15) is 0 Å². The zero-order valence-corrected chi connectivity index (χ0v) is 28.4. The summed E-state index contributed by atoms with van der Waals surface area (Å²) >= 11 is 0. The maximum absolute atomic E-state index is 7.38. The zero-order valence-electron chi connectivity index (χ0n) is 26.6. The molecule has 0 aromatic heterocycles. The molecule has 6 aromatic carbocycles. The molecule has 0 amide bonds. The minimum Gasteiger partial charge on any atom is -0.490 e. The van der Waals surface area contributed by atoms with E-state index < -0.39 is 16.2 Å².